The molecular formula is C33H38N6OS. The highest BCUT2D eigenvalue weighted by Crippen LogP contribution is 2.40. The zero-order chi connectivity index (χ0) is 28.2. The molecule has 2 aliphatic heterocycles. The lowest BCUT2D eigenvalue weighted by molar-refractivity contribution is 0.272. The van der Waals surface area contributed by atoms with E-state index >= 15 is 0 Å². The fourth-order valence-electron chi connectivity index (χ4n) is 5.96. The summed E-state index contributed by atoms with van der Waals surface area (Å²) in [6, 6.07) is 27.4. The Morgan fingerprint density at radius 2 is 1.73 bits per heavy atom. The smallest absolute Gasteiger partial charge is 0.135 e. The first kappa shape index (κ1) is 27.4. The number of nitrogens with zero attached hydrogens (tertiary/aromatic N) is 3. The molecule has 0 radical (unpaired) electrons. The van der Waals surface area contributed by atoms with Gasteiger partial charge in [0.25, 0.3) is 0 Å². The predicted molar refractivity (Wildman–Crippen MR) is 169 cm³/mol. The molecule has 0 amide bonds. The summed E-state index contributed by atoms with van der Waals surface area (Å²) in [6.07, 6.45) is 8.43. The maximum Gasteiger partial charge on any atom is 0.135 e. The number of anilines is 5. The summed E-state index contributed by atoms with van der Waals surface area (Å²) in [5, 5.41) is 5.48. The van der Waals surface area contributed by atoms with E-state index in [1.165, 1.54) is 43.5 Å². The zero-order valence-electron chi connectivity index (χ0n) is 23.8. The van der Waals surface area contributed by atoms with Crippen LogP contribution in [0.4, 0.5) is 28.6 Å². The van der Waals surface area contributed by atoms with Crippen molar-refractivity contribution in [3.63, 3.8) is 0 Å². The standard InChI is InChI=1S/C33H38N6OS/c1-24-32-30(22-34-33(24)35-29-12-6-7-13-31(29)41(2)40)36-37-39(32)28-16-14-26(15-17-28)21-25-11-8-19-38(20-18-25)23-27-9-4-3-5-10-27/h3-7,9-10,12-17,22,25,36-37H,8,11,18-21,23H2,1-2H3,(H,34,35). The lowest BCUT2D eigenvalue weighted by Gasteiger charge is -2.22. The van der Waals surface area contributed by atoms with Crippen molar-refractivity contribution in [1.29, 1.82) is 0 Å². The highest BCUT2D eigenvalue weighted by Gasteiger charge is 2.25. The molecule has 0 spiro atoms. The van der Waals surface area contributed by atoms with Gasteiger partial charge in [0.2, 0.25) is 0 Å². The number of likely N-dealkylation sites (tertiary alicyclic amines) is 1. The maximum atomic E-state index is 12.2. The minimum absolute atomic E-state index is 0.719. The van der Waals surface area contributed by atoms with Crippen molar-refractivity contribution in [1.82, 2.24) is 15.4 Å². The van der Waals surface area contributed by atoms with Gasteiger partial charge in [-0.2, -0.15) is 0 Å². The van der Waals surface area contributed by atoms with Crippen LogP contribution in [0.1, 0.15) is 36.0 Å². The number of para-hydroxylation sites is 1. The molecule has 1 aromatic heterocycles. The first-order chi connectivity index (χ1) is 20.0. The van der Waals surface area contributed by atoms with Crippen molar-refractivity contribution in [3.8, 4) is 0 Å². The molecule has 212 valence electrons. The molecule has 7 nitrogen and oxygen atoms in total. The third kappa shape index (κ3) is 6.30. The van der Waals surface area contributed by atoms with E-state index in [1.54, 1.807) is 6.26 Å². The number of hydrogen-bond acceptors (Lipinski definition) is 7. The molecule has 0 saturated carbocycles. The van der Waals surface area contributed by atoms with Gasteiger partial charge in [-0.05, 0) is 87.0 Å². The van der Waals surface area contributed by atoms with Crippen LogP contribution in [0.5, 0.6) is 0 Å². The van der Waals surface area contributed by atoms with Crippen molar-refractivity contribution in [3.05, 3.63) is 102 Å². The fourth-order valence-corrected chi connectivity index (χ4v) is 6.66. The number of pyridine rings is 1. The van der Waals surface area contributed by atoms with Crippen molar-refractivity contribution in [2.45, 2.75) is 44.0 Å². The molecule has 8 heteroatoms. The molecule has 3 heterocycles. The zero-order valence-corrected chi connectivity index (χ0v) is 24.6. The molecule has 6 rings (SSSR count). The van der Waals surface area contributed by atoms with Crippen LogP contribution in [0.2, 0.25) is 0 Å². The van der Waals surface area contributed by atoms with E-state index in [1.807, 2.05) is 30.5 Å². The van der Waals surface area contributed by atoms with Crippen LogP contribution < -0.4 is 21.3 Å². The van der Waals surface area contributed by atoms with Crippen LogP contribution in [-0.2, 0) is 23.8 Å². The largest absolute Gasteiger partial charge is 0.339 e. The van der Waals surface area contributed by atoms with Crippen LogP contribution in [0, 0.1) is 12.8 Å². The Hall–Kier alpha value is -3.72. The average Bonchev–Trinajstić information content (AvgIpc) is 3.31. The number of benzene rings is 3. The lowest BCUT2D eigenvalue weighted by atomic mass is 9.92. The Balaban J connectivity index is 1.12. The number of hydrazine groups is 2. The lowest BCUT2D eigenvalue weighted by Crippen LogP contribution is -2.31. The van der Waals surface area contributed by atoms with Crippen LogP contribution in [0.3, 0.4) is 0 Å². The minimum Gasteiger partial charge on any atom is -0.339 e. The van der Waals surface area contributed by atoms with Gasteiger partial charge in [0.05, 0.1) is 44.6 Å². The van der Waals surface area contributed by atoms with Gasteiger partial charge >= 0.3 is 0 Å². The monoisotopic (exact) mass is 566 g/mol. The number of aromatic nitrogens is 1. The van der Waals surface area contributed by atoms with E-state index in [-0.39, 0.29) is 0 Å². The SMILES string of the molecule is Cc1c(Nc2ccccc2S(C)=O)ncc2c1N(c1ccc(CC3CCCN(Cc4ccccc4)CC3)cc1)NN2. The van der Waals surface area contributed by atoms with Gasteiger partial charge in [0.1, 0.15) is 5.82 Å². The molecule has 3 aromatic carbocycles. The van der Waals surface area contributed by atoms with E-state index in [9.17, 15) is 4.21 Å². The Labute approximate surface area is 245 Å². The first-order valence-corrected chi connectivity index (χ1v) is 16.0. The third-order valence-electron chi connectivity index (χ3n) is 8.17. The highest BCUT2D eigenvalue weighted by atomic mass is 32.2. The van der Waals surface area contributed by atoms with Crippen molar-refractivity contribution >= 4 is 39.4 Å². The molecule has 4 aromatic rings. The Morgan fingerprint density at radius 1 is 0.951 bits per heavy atom. The van der Waals surface area contributed by atoms with E-state index in [4.69, 9.17) is 0 Å². The second-order valence-electron chi connectivity index (χ2n) is 11.1. The molecule has 41 heavy (non-hydrogen) atoms. The molecule has 0 aliphatic carbocycles. The minimum atomic E-state index is -1.10. The Kier molecular flexibility index (Phi) is 8.32. The molecule has 0 bridgehead atoms. The van der Waals surface area contributed by atoms with Crippen LogP contribution in [-0.4, -0.2) is 33.4 Å². The maximum absolute atomic E-state index is 12.2. The number of nitrogens with one attached hydrogen (secondary N) is 3. The fraction of sp³-hybridized carbons (Fsp3) is 0.303. The summed E-state index contributed by atoms with van der Waals surface area (Å²) in [6.45, 7) is 5.46. The third-order valence-corrected chi connectivity index (χ3v) is 9.15. The van der Waals surface area contributed by atoms with E-state index in [2.05, 4.69) is 92.7 Å². The molecule has 2 unspecified atom stereocenters. The van der Waals surface area contributed by atoms with Gasteiger partial charge in [-0.1, -0.05) is 54.6 Å². The predicted octanol–water partition coefficient (Wildman–Crippen LogP) is 6.70. The van der Waals surface area contributed by atoms with Crippen LogP contribution in [0.15, 0.2) is 90.0 Å². The van der Waals surface area contributed by atoms with Gasteiger partial charge in [-0.15, -0.1) is 5.53 Å². The summed E-state index contributed by atoms with van der Waals surface area (Å²) in [4.78, 5) is 8.02. The van der Waals surface area contributed by atoms with Crippen molar-refractivity contribution in [2.24, 2.45) is 5.92 Å². The number of hydrogen-bond donors (Lipinski definition) is 3. The van der Waals surface area contributed by atoms with Gasteiger partial charge < -0.3 is 5.32 Å². The highest BCUT2D eigenvalue weighted by molar-refractivity contribution is 7.84. The average molecular weight is 567 g/mol. The summed E-state index contributed by atoms with van der Waals surface area (Å²) in [5.74, 6) is 1.46. The summed E-state index contributed by atoms with van der Waals surface area (Å²) < 4.78 is 12.2. The molecule has 3 N–H and O–H groups in total. The van der Waals surface area contributed by atoms with E-state index in [0.29, 0.717) is 0 Å². The number of fused-ring (bicyclic) bond motifs is 1. The first-order valence-electron chi connectivity index (χ1n) is 14.4. The molecule has 2 aliphatic rings. The Bertz CT molecular complexity index is 1510. The van der Waals surface area contributed by atoms with Gasteiger partial charge in [0.15, 0.2) is 0 Å². The van der Waals surface area contributed by atoms with Gasteiger partial charge in [-0.3, -0.25) is 19.5 Å². The molecule has 1 saturated heterocycles. The van der Waals surface area contributed by atoms with Crippen molar-refractivity contribution < 1.29 is 4.21 Å². The van der Waals surface area contributed by atoms with Crippen molar-refractivity contribution in [2.75, 3.05) is 35.1 Å². The van der Waals surface area contributed by atoms with E-state index < -0.39 is 10.8 Å². The summed E-state index contributed by atoms with van der Waals surface area (Å²) >= 11 is 0. The molecular weight excluding hydrogens is 528 g/mol. The number of rotatable bonds is 8. The van der Waals surface area contributed by atoms with Crippen LogP contribution >= 0.6 is 0 Å². The topological polar surface area (TPSA) is 72.5 Å². The second-order valence-corrected chi connectivity index (χ2v) is 12.4. The Morgan fingerprint density at radius 3 is 2.54 bits per heavy atom. The van der Waals surface area contributed by atoms with Gasteiger partial charge in [-0.25, -0.2) is 4.98 Å². The summed E-state index contributed by atoms with van der Waals surface area (Å²) in [5.41, 5.74) is 14.1. The molecule has 2 atom stereocenters. The van der Waals surface area contributed by atoms with E-state index in [0.717, 1.165) is 57.9 Å². The quantitative estimate of drug-likeness (QED) is 0.219. The second kappa shape index (κ2) is 12.4. The normalized spacial score (nSPS) is 17.9. The molecule has 1 fully saturated rings. The van der Waals surface area contributed by atoms with Gasteiger partial charge in [0, 0.05) is 18.4 Å². The van der Waals surface area contributed by atoms with Crippen LogP contribution in [0.25, 0.3) is 0 Å². The summed E-state index contributed by atoms with van der Waals surface area (Å²) in [7, 11) is -1.10.